The van der Waals surface area contributed by atoms with Crippen molar-refractivity contribution in [1.82, 2.24) is 9.55 Å². The van der Waals surface area contributed by atoms with E-state index in [1.807, 2.05) is 0 Å². The molecule has 2 aromatic heterocycles. The molecule has 2 heterocycles. The summed E-state index contributed by atoms with van der Waals surface area (Å²) in [5.41, 5.74) is 1.01. The molecule has 146 valence electrons. The van der Waals surface area contributed by atoms with E-state index in [0.717, 1.165) is 5.82 Å². The predicted molar refractivity (Wildman–Crippen MR) is 95.7 cm³/mol. The zero-order valence-corrected chi connectivity index (χ0v) is 14.8. The maximum atomic E-state index is 14.4. The smallest absolute Gasteiger partial charge is 0.275 e. The van der Waals surface area contributed by atoms with Gasteiger partial charge in [0.2, 0.25) is 0 Å². The fraction of sp³-hybridized carbons (Fsp3) is 0.421. The van der Waals surface area contributed by atoms with Crippen LogP contribution in [0.15, 0.2) is 41.3 Å². The third-order valence-electron chi connectivity index (χ3n) is 4.24. The molecule has 1 aromatic carbocycles. The molecule has 0 fully saturated rings. The quantitative estimate of drug-likeness (QED) is 0.370. The van der Waals surface area contributed by atoms with Crippen LogP contribution in [0.5, 0.6) is 0 Å². The van der Waals surface area contributed by atoms with E-state index >= 15 is 0 Å². The van der Waals surface area contributed by atoms with Gasteiger partial charge >= 0.3 is 0 Å². The molecule has 0 aliphatic carbocycles. The number of aryl methyl sites for hydroxylation is 1. The highest BCUT2D eigenvalue weighted by Gasteiger charge is 2.16. The van der Waals surface area contributed by atoms with E-state index in [-0.39, 0.29) is 12.2 Å². The van der Waals surface area contributed by atoms with Crippen LogP contribution >= 0.6 is 0 Å². The topological polar surface area (TPSA) is 101 Å². The number of fused-ring (bicyclic) bond motifs is 1. The average Bonchev–Trinajstić information content (AvgIpc) is 3.24. The van der Waals surface area contributed by atoms with E-state index in [0.29, 0.717) is 55.6 Å². The van der Waals surface area contributed by atoms with Crippen molar-refractivity contribution in [2.75, 3.05) is 13.2 Å². The Hall–Kier alpha value is -2.26. The molecule has 27 heavy (non-hydrogen) atoms. The molecule has 0 aliphatic rings. The standard InChI is InChI=1S/C19H23FN2O5/c20-15-12-14-5-11-27-17(14)13-16(15)22-8-7-21-18(22)4-3-10-26-9-2-1-6-19(23,24)25/h5,7-8,11-13,23-25H,1-4,6,9-10H2. The van der Waals surface area contributed by atoms with Gasteiger partial charge in [-0.3, -0.25) is 0 Å². The van der Waals surface area contributed by atoms with Gasteiger partial charge in [0.05, 0.1) is 12.0 Å². The molecule has 3 aromatic rings. The first-order valence-corrected chi connectivity index (χ1v) is 8.88. The Morgan fingerprint density at radius 1 is 1.15 bits per heavy atom. The van der Waals surface area contributed by atoms with Crippen LogP contribution in [0.25, 0.3) is 16.7 Å². The fourth-order valence-corrected chi connectivity index (χ4v) is 2.89. The van der Waals surface area contributed by atoms with Crippen molar-refractivity contribution in [2.24, 2.45) is 0 Å². The summed E-state index contributed by atoms with van der Waals surface area (Å²) in [6, 6.07) is 4.83. The normalized spacial score (nSPS) is 12.1. The van der Waals surface area contributed by atoms with Crippen LogP contribution < -0.4 is 0 Å². The number of nitrogens with zero attached hydrogens (tertiary/aromatic N) is 2. The molecular formula is C19H23FN2O5. The Kier molecular flexibility index (Phi) is 6.22. The molecular weight excluding hydrogens is 355 g/mol. The third kappa shape index (κ3) is 5.36. The van der Waals surface area contributed by atoms with E-state index in [2.05, 4.69) is 4.98 Å². The summed E-state index contributed by atoms with van der Waals surface area (Å²) in [5, 5.41) is 27.0. The van der Waals surface area contributed by atoms with Gasteiger partial charge in [-0.1, -0.05) is 0 Å². The maximum absolute atomic E-state index is 14.4. The minimum absolute atomic E-state index is 0.112. The zero-order valence-electron chi connectivity index (χ0n) is 14.8. The molecule has 8 heteroatoms. The lowest BCUT2D eigenvalue weighted by Crippen LogP contribution is -2.26. The Morgan fingerprint density at radius 2 is 1.96 bits per heavy atom. The van der Waals surface area contributed by atoms with Gasteiger partial charge in [0.25, 0.3) is 5.97 Å². The van der Waals surface area contributed by atoms with Gasteiger partial charge in [0.15, 0.2) is 0 Å². The lowest BCUT2D eigenvalue weighted by Gasteiger charge is -2.13. The van der Waals surface area contributed by atoms with Crippen LogP contribution in [0.3, 0.4) is 0 Å². The largest absolute Gasteiger partial charge is 0.464 e. The fourth-order valence-electron chi connectivity index (χ4n) is 2.89. The van der Waals surface area contributed by atoms with Crippen LogP contribution in [0.1, 0.15) is 31.5 Å². The van der Waals surface area contributed by atoms with Crippen molar-refractivity contribution >= 4 is 11.0 Å². The van der Waals surface area contributed by atoms with Crippen molar-refractivity contribution in [1.29, 1.82) is 0 Å². The number of rotatable bonds is 10. The molecule has 0 atom stereocenters. The van der Waals surface area contributed by atoms with Gasteiger partial charge in [0, 0.05) is 49.9 Å². The molecule has 0 radical (unpaired) electrons. The summed E-state index contributed by atoms with van der Waals surface area (Å²) in [7, 11) is 0. The number of hydrogen-bond acceptors (Lipinski definition) is 6. The lowest BCUT2D eigenvalue weighted by atomic mass is 10.2. The molecule has 3 N–H and O–H groups in total. The Bertz CT molecular complexity index is 868. The van der Waals surface area contributed by atoms with Gasteiger partial charge in [-0.25, -0.2) is 9.37 Å². The summed E-state index contributed by atoms with van der Waals surface area (Å²) in [6.07, 6.45) is 7.17. The Morgan fingerprint density at radius 3 is 2.78 bits per heavy atom. The number of furan rings is 1. The molecule has 7 nitrogen and oxygen atoms in total. The minimum Gasteiger partial charge on any atom is -0.464 e. The van der Waals surface area contributed by atoms with Crippen LogP contribution in [-0.4, -0.2) is 44.1 Å². The monoisotopic (exact) mass is 378 g/mol. The SMILES string of the molecule is OC(O)(O)CCCCOCCCc1nccn1-c1cc2occc2cc1F. The second-order valence-electron chi connectivity index (χ2n) is 6.42. The molecule has 0 saturated carbocycles. The average molecular weight is 378 g/mol. The van der Waals surface area contributed by atoms with Gasteiger partial charge in [-0.2, -0.15) is 0 Å². The van der Waals surface area contributed by atoms with Gasteiger partial charge in [0.1, 0.15) is 17.2 Å². The summed E-state index contributed by atoms with van der Waals surface area (Å²) in [5.74, 6) is -2.22. The number of imidazole rings is 1. The summed E-state index contributed by atoms with van der Waals surface area (Å²) >= 11 is 0. The van der Waals surface area contributed by atoms with E-state index in [1.165, 1.54) is 12.3 Å². The third-order valence-corrected chi connectivity index (χ3v) is 4.24. The Balaban J connectivity index is 1.48. The number of aliphatic hydroxyl groups is 3. The molecule has 3 rings (SSSR count). The summed E-state index contributed by atoms with van der Waals surface area (Å²) < 4.78 is 27.0. The highest BCUT2D eigenvalue weighted by molar-refractivity contribution is 5.79. The van der Waals surface area contributed by atoms with Gasteiger partial charge < -0.3 is 29.0 Å². The van der Waals surface area contributed by atoms with Crippen molar-refractivity contribution in [2.45, 2.75) is 38.1 Å². The van der Waals surface area contributed by atoms with Gasteiger partial charge in [-0.05, 0) is 31.4 Å². The van der Waals surface area contributed by atoms with Crippen LogP contribution in [0.2, 0.25) is 0 Å². The van der Waals surface area contributed by atoms with E-state index in [4.69, 9.17) is 24.5 Å². The highest BCUT2D eigenvalue weighted by atomic mass is 19.1. The number of unbranched alkanes of at least 4 members (excludes halogenated alkanes) is 1. The van der Waals surface area contributed by atoms with Crippen LogP contribution in [0, 0.1) is 5.82 Å². The highest BCUT2D eigenvalue weighted by Crippen LogP contribution is 2.24. The van der Waals surface area contributed by atoms with Crippen LogP contribution in [-0.2, 0) is 11.2 Å². The second-order valence-corrected chi connectivity index (χ2v) is 6.42. The number of halogens is 1. The molecule has 0 amide bonds. The van der Waals surface area contributed by atoms with Crippen LogP contribution in [0.4, 0.5) is 4.39 Å². The van der Waals surface area contributed by atoms with Crippen molar-refractivity contribution in [3.8, 4) is 5.69 Å². The molecule has 0 aliphatic heterocycles. The van der Waals surface area contributed by atoms with E-state index in [9.17, 15) is 4.39 Å². The molecule has 0 spiro atoms. The number of benzene rings is 1. The maximum Gasteiger partial charge on any atom is 0.275 e. The second kappa shape index (κ2) is 8.62. The van der Waals surface area contributed by atoms with E-state index in [1.54, 1.807) is 29.1 Å². The zero-order chi connectivity index (χ0) is 19.3. The first-order chi connectivity index (χ1) is 12.9. The number of ether oxygens (including phenoxy) is 1. The predicted octanol–water partition coefficient (Wildman–Crippen LogP) is 2.51. The van der Waals surface area contributed by atoms with Crippen molar-refractivity contribution < 1.29 is 28.9 Å². The minimum atomic E-state index is -2.61. The van der Waals surface area contributed by atoms with E-state index < -0.39 is 5.97 Å². The van der Waals surface area contributed by atoms with Crippen molar-refractivity contribution in [3.63, 3.8) is 0 Å². The Labute approximate surface area is 155 Å². The van der Waals surface area contributed by atoms with Crippen molar-refractivity contribution in [3.05, 3.63) is 48.5 Å². The number of aromatic nitrogens is 2. The molecule has 0 unspecified atom stereocenters. The lowest BCUT2D eigenvalue weighted by molar-refractivity contribution is -0.315. The summed E-state index contributed by atoms with van der Waals surface area (Å²) in [4.78, 5) is 4.30. The number of hydrogen-bond donors (Lipinski definition) is 3. The summed E-state index contributed by atoms with van der Waals surface area (Å²) in [6.45, 7) is 0.976. The molecule has 0 bridgehead atoms. The molecule has 0 saturated heterocycles. The first kappa shape index (κ1) is 19.5. The first-order valence-electron chi connectivity index (χ1n) is 8.88. The van der Waals surface area contributed by atoms with Gasteiger partial charge in [-0.15, -0.1) is 0 Å².